The van der Waals surface area contributed by atoms with Crippen molar-refractivity contribution in [2.45, 2.75) is 19.5 Å². The van der Waals surface area contributed by atoms with E-state index in [9.17, 15) is 0 Å². The maximum atomic E-state index is 5.57. The minimum absolute atomic E-state index is 0.208. The number of nitrogens with zero attached hydrogens (tertiary/aromatic N) is 4. The fraction of sp³-hybridized carbons (Fsp3) is 0.462. The molecule has 1 fully saturated rings. The van der Waals surface area contributed by atoms with E-state index in [4.69, 9.17) is 4.74 Å². The van der Waals surface area contributed by atoms with E-state index in [0.717, 1.165) is 36.8 Å². The average molecular weight is 259 g/mol. The van der Waals surface area contributed by atoms with Crippen LogP contribution in [-0.4, -0.2) is 44.8 Å². The van der Waals surface area contributed by atoms with E-state index in [-0.39, 0.29) is 6.04 Å². The van der Waals surface area contributed by atoms with E-state index in [0.29, 0.717) is 6.61 Å². The summed E-state index contributed by atoms with van der Waals surface area (Å²) in [6, 6.07) is 2.20. The molecule has 19 heavy (non-hydrogen) atoms. The maximum Gasteiger partial charge on any atom is 0.0756 e. The molecule has 6 nitrogen and oxygen atoms in total. The summed E-state index contributed by atoms with van der Waals surface area (Å²) in [5.74, 6) is 0. The van der Waals surface area contributed by atoms with Crippen molar-refractivity contribution in [2.24, 2.45) is 0 Å². The van der Waals surface area contributed by atoms with Crippen LogP contribution < -0.4 is 0 Å². The van der Waals surface area contributed by atoms with E-state index in [2.05, 4.69) is 25.1 Å². The largest absolute Gasteiger partial charge is 0.378 e. The number of nitrogens with one attached hydrogen (secondary N) is 1. The van der Waals surface area contributed by atoms with Crippen LogP contribution in [0.3, 0.4) is 0 Å². The van der Waals surface area contributed by atoms with Gasteiger partial charge in [-0.1, -0.05) is 0 Å². The highest BCUT2D eigenvalue weighted by molar-refractivity contribution is 5.08. The van der Waals surface area contributed by atoms with Crippen molar-refractivity contribution in [2.75, 3.05) is 19.8 Å². The number of ether oxygens (including phenoxy) is 1. The Morgan fingerprint density at radius 2 is 2.37 bits per heavy atom. The standard InChI is InChI=1S/C13H17N5O/c1-10-6-15-11(7-14-10)8-18-4-5-19-9-13(18)12-2-3-16-17-12/h2-3,6-7,13H,4-5,8-9H2,1H3,(H,16,17)/t13-/m0/s1. The Kier molecular flexibility index (Phi) is 3.52. The van der Waals surface area contributed by atoms with E-state index < -0.39 is 0 Å². The average Bonchev–Trinajstić information content (AvgIpc) is 2.96. The third kappa shape index (κ3) is 2.80. The zero-order valence-electron chi connectivity index (χ0n) is 10.9. The second kappa shape index (κ2) is 5.46. The summed E-state index contributed by atoms with van der Waals surface area (Å²) in [6.45, 7) is 5.05. The predicted molar refractivity (Wildman–Crippen MR) is 69.3 cm³/mol. The zero-order chi connectivity index (χ0) is 13.1. The minimum atomic E-state index is 0.208. The van der Waals surface area contributed by atoms with Gasteiger partial charge in [-0.25, -0.2) is 0 Å². The summed E-state index contributed by atoms with van der Waals surface area (Å²) in [6.07, 6.45) is 5.42. The summed E-state index contributed by atoms with van der Waals surface area (Å²) in [5.41, 5.74) is 3.01. The molecule has 0 aromatic carbocycles. The van der Waals surface area contributed by atoms with E-state index in [1.807, 2.05) is 19.2 Å². The lowest BCUT2D eigenvalue weighted by Gasteiger charge is -2.34. The quantitative estimate of drug-likeness (QED) is 0.893. The third-order valence-corrected chi connectivity index (χ3v) is 3.32. The van der Waals surface area contributed by atoms with Crippen LogP contribution in [0, 0.1) is 6.92 Å². The Balaban J connectivity index is 1.75. The Morgan fingerprint density at radius 1 is 1.42 bits per heavy atom. The van der Waals surface area contributed by atoms with Crippen molar-refractivity contribution >= 4 is 0 Å². The van der Waals surface area contributed by atoms with Crippen molar-refractivity contribution in [1.82, 2.24) is 25.1 Å². The number of morpholine rings is 1. The van der Waals surface area contributed by atoms with Gasteiger partial charge >= 0.3 is 0 Å². The van der Waals surface area contributed by atoms with Crippen LogP contribution in [0.15, 0.2) is 24.7 Å². The van der Waals surface area contributed by atoms with Crippen molar-refractivity contribution in [3.8, 4) is 0 Å². The molecule has 0 saturated carbocycles. The van der Waals surface area contributed by atoms with Gasteiger partial charge in [0.15, 0.2) is 0 Å². The van der Waals surface area contributed by atoms with E-state index in [1.54, 1.807) is 12.4 Å². The predicted octanol–water partition coefficient (Wildman–Crippen LogP) is 1.08. The van der Waals surface area contributed by atoms with Gasteiger partial charge in [0.2, 0.25) is 0 Å². The highest BCUT2D eigenvalue weighted by Crippen LogP contribution is 2.23. The number of H-pyrrole nitrogens is 1. The molecular formula is C13H17N5O. The number of rotatable bonds is 3. The smallest absolute Gasteiger partial charge is 0.0756 e. The zero-order valence-corrected chi connectivity index (χ0v) is 10.9. The van der Waals surface area contributed by atoms with Gasteiger partial charge < -0.3 is 4.74 Å². The normalized spacial score (nSPS) is 20.6. The lowest BCUT2D eigenvalue weighted by Crippen LogP contribution is -2.39. The Morgan fingerprint density at radius 3 is 3.11 bits per heavy atom. The first kappa shape index (κ1) is 12.3. The van der Waals surface area contributed by atoms with Gasteiger partial charge in [0.05, 0.1) is 36.3 Å². The summed E-state index contributed by atoms with van der Waals surface area (Å²) < 4.78 is 5.57. The number of aryl methyl sites for hydroxylation is 1. The van der Waals surface area contributed by atoms with Gasteiger partial charge in [0.1, 0.15) is 0 Å². The van der Waals surface area contributed by atoms with Crippen LogP contribution in [0.4, 0.5) is 0 Å². The molecule has 6 heteroatoms. The molecule has 0 amide bonds. The fourth-order valence-electron chi connectivity index (χ4n) is 2.28. The first-order valence-corrected chi connectivity index (χ1v) is 6.41. The Bertz CT molecular complexity index is 510. The number of aromatic amines is 1. The molecule has 2 aromatic heterocycles. The molecule has 1 atom stereocenters. The second-order valence-corrected chi connectivity index (χ2v) is 4.72. The maximum absolute atomic E-state index is 5.57. The molecular weight excluding hydrogens is 242 g/mol. The molecule has 0 spiro atoms. The minimum Gasteiger partial charge on any atom is -0.378 e. The van der Waals surface area contributed by atoms with Gasteiger partial charge in [-0.05, 0) is 13.0 Å². The van der Waals surface area contributed by atoms with Gasteiger partial charge in [-0.2, -0.15) is 5.10 Å². The van der Waals surface area contributed by atoms with Gasteiger partial charge in [0, 0.05) is 31.7 Å². The first-order chi connectivity index (χ1) is 9.33. The van der Waals surface area contributed by atoms with Crippen LogP contribution in [0.1, 0.15) is 23.1 Å². The molecule has 1 aliphatic heterocycles. The van der Waals surface area contributed by atoms with Gasteiger partial charge in [0.25, 0.3) is 0 Å². The molecule has 100 valence electrons. The van der Waals surface area contributed by atoms with Crippen LogP contribution in [0.25, 0.3) is 0 Å². The molecule has 1 saturated heterocycles. The molecule has 3 heterocycles. The van der Waals surface area contributed by atoms with Gasteiger partial charge in [-0.3, -0.25) is 20.0 Å². The van der Waals surface area contributed by atoms with Crippen LogP contribution in [0.5, 0.6) is 0 Å². The van der Waals surface area contributed by atoms with Crippen LogP contribution in [-0.2, 0) is 11.3 Å². The molecule has 2 aromatic rings. The summed E-state index contributed by atoms with van der Waals surface area (Å²) in [4.78, 5) is 11.1. The number of aromatic nitrogens is 4. The van der Waals surface area contributed by atoms with Gasteiger partial charge in [-0.15, -0.1) is 0 Å². The second-order valence-electron chi connectivity index (χ2n) is 4.72. The molecule has 1 N–H and O–H groups in total. The highest BCUT2D eigenvalue weighted by atomic mass is 16.5. The number of hydrogen-bond acceptors (Lipinski definition) is 5. The molecule has 0 bridgehead atoms. The first-order valence-electron chi connectivity index (χ1n) is 6.41. The number of hydrogen-bond donors (Lipinski definition) is 1. The van der Waals surface area contributed by atoms with Crippen LogP contribution in [0.2, 0.25) is 0 Å². The van der Waals surface area contributed by atoms with E-state index >= 15 is 0 Å². The molecule has 0 aliphatic carbocycles. The summed E-state index contributed by atoms with van der Waals surface area (Å²) >= 11 is 0. The summed E-state index contributed by atoms with van der Waals surface area (Å²) in [7, 11) is 0. The molecule has 0 unspecified atom stereocenters. The molecule has 0 radical (unpaired) electrons. The monoisotopic (exact) mass is 259 g/mol. The third-order valence-electron chi connectivity index (χ3n) is 3.32. The molecule has 1 aliphatic rings. The topological polar surface area (TPSA) is 66.9 Å². The lowest BCUT2D eigenvalue weighted by molar-refractivity contribution is -0.0148. The summed E-state index contributed by atoms with van der Waals surface area (Å²) in [5, 5.41) is 7.04. The van der Waals surface area contributed by atoms with Crippen molar-refractivity contribution in [3.63, 3.8) is 0 Å². The highest BCUT2D eigenvalue weighted by Gasteiger charge is 2.25. The van der Waals surface area contributed by atoms with Crippen molar-refractivity contribution in [1.29, 1.82) is 0 Å². The Labute approximate surface area is 111 Å². The van der Waals surface area contributed by atoms with Crippen molar-refractivity contribution in [3.05, 3.63) is 41.7 Å². The SMILES string of the molecule is Cc1cnc(CN2CCOC[C@H]2c2ccn[nH]2)cn1. The Hall–Kier alpha value is -1.79. The molecule has 3 rings (SSSR count). The fourth-order valence-corrected chi connectivity index (χ4v) is 2.28. The van der Waals surface area contributed by atoms with E-state index in [1.165, 1.54) is 0 Å². The lowest BCUT2D eigenvalue weighted by atomic mass is 10.1. The van der Waals surface area contributed by atoms with Crippen molar-refractivity contribution < 1.29 is 4.74 Å². The van der Waals surface area contributed by atoms with Crippen LogP contribution >= 0.6 is 0 Å².